The Morgan fingerprint density at radius 1 is 0.913 bits per heavy atom. The van der Waals surface area contributed by atoms with Crippen molar-refractivity contribution in [2.24, 2.45) is 5.92 Å². The van der Waals surface area contributed by atoms with E-state index in [1.54, 1.807) is 0 Å². The third kappa shape index (κ3) is 10.2. The van der Waals surface area contributed by atoms with Crippen molar-refractivity contribution in [1.82, 2.24) is 5.32 Å². The smallest absolute Gasteiger partial charge is 0.0786 e. The Hall–Kier alpha value is -0.380. The van der Waals surface area contributed by atoms with Gasteiger partial charge in [0.05, 0.1) is 12.2 Å². The van der Waals surface area contributed by atoms with Crippen molar-refractivity contribution in [2.45, 2.75) is 96.2 Å². The zero-order chi connectivity index (χ0) is 16.8. The van der Waals surface area contributed by atoms with Crippen molar-refractivity contribution in [1.29, 1.82) is 0 Å². The van der Waals surface area contributed by atoms with Gasteiger partial charge in [0, 0.05) is 19.0 Å². The van der Waals surface area contributed by atoms with Crippen molar-refractivity contribution < 1.29 is 10.2 Å². The van der Waals surface area contributed by atoms with E-state index in [0.717, 1.165) is 6.42 Å². The molecule has 1 fully saturated rings. The molecule has 23 heavy (non-hydrogen) atoms. The number of aliphatic hydroxyl groups is 2. The van der Waals surface area contributed by atoms with Gasteiger partial charge in [0.15, 0.2) is 0 Å². The van der Waals surface area contributed by atoms with Crippen molar-refractivity contribution in [3.05, 3.63) is 12.2 Å². The Morgan fingerprint density at radius 3 is 2.00 bits per heavy atom. The van der Waals surface area contributed by atoms with Crippen LogP contribution in [0.4, 0.5) is 0 Å². The highest BCUT2D eigenvalue weighted by atomic mass is 16.3. The van der Waals surface area contributed by atoms with Gasteiger partial charge in [-0.2, -0.15) is 0 Å². The molecule has 3 nitrogen and oxygen atoms in total. The molecule has 0 bridgehead atoms. The van der Waals surface area contributed by atoms with E-state index in [4.69, 9.17) is 0 Å². The average Bonchev–Trinajstić information content (AvgIpc) is 2.98. The number of nitrogens with one attached hydrogen (secondary N) is 1. The lowest BCUT2D eigenvalue weighted by molar-refractivity contribution is 0.0680. The fraction of sp³-hybridized carbons (Fsp3) is 0.900. The maximum Gasteiger partial charge on any atom is 0.0786 e. The molecule has 1 aliphatic heterocycles. The molecule has 0 aromatic rings. The standard InChI is InChI=1S/C20H39NO2/c1-2-3-4-5-6-7-8-9-10-11-12-13-14-15-19(22)18-16-21-17-20(18)23/h14-15,18-23H,2-13,16-17H2,1H3/b15-14+. The highest BCUT2D eigenvalue weighted by molar-refractivity contribution is 4.97. The summed E-state index contributed by atoms with van der Waals surface area (Å²) in [5.41, 5.74) is 0. The third-order valence-electron chi connectivity index (χ3n) is 4.97. The lowest BCUT2D eigenvalue weighted by Gasteiger charge is -2.16. The molecule has 136 valence electrons. The minimum absolute atomic E-state index is 0.0384. The molecule has 1 rings (SSSR count). The first-order valence-corrected chi connectivity index (χ1v) is 9.99. The first kappa shape index (κ1) is 20.7. The Bertz CT molecular complexity index is 293. The van der Waals surface area contributed by atoms with Gasteiger partial charge in [-0.1, -0.05) is 83.3 Å². The van der Waals surface area contributed by atoms with Gasteiger partial charge < -0.3 is 15.5 Å². The van der Waals surface area contributed by atoms with Gasteiger partial charge in [0.1, 0.15) is 0 Å². The number of rotatable bonds is 14. The highest BCUT2D eigenvalue weighted by Crippen LogP contribution is 2.16. The van der Waals surface area contributed by atoms with Crippen LogP contribution in [0.25, 0.3) is 0 Å². The zero-order valence-electron chi connectivity index (χ0n) is 15.2. The summed E-state index contributed by atoms with van der Waals surface area (Å²) in [5, 5.41) is 22.8. The molecular formula is C20H39NO2. The molecular weight excluding hydrogens is 286 g/mol. The molecule has 1 aliphatic rings. The summed E-state index contributed by atoms with van der Waals surface area (Å²) in [5.74, 6) is -0.0384. The van der Waals surface area contributed by atoms with Crippen LogP contribution in [0.1, 0.15) is 84.0 Å². The van der Waals surface area contributed by atoms with Gasteiger partial charge in [-0.25, -0.2) is 0 Å². The second-order valence-corrected chi connectivity index (χ2v) is 7.13. The normalized spacial score (nSPS) is 22.9. The van der Waals surface area contributed by atoms with E-state index in [1.807, 2.05) is 6.08 Å². The number of unbranched alkanes of at least 4 members (excludes halogenated alkanes) is 11. The number of β-amino-alcohol motifs (C(OH)–C–C–N with tert-alkyl or cyclic N) is 1. The summed E-state index contributed by atoms with van der Waals surface area (Å²) in [6, 6.07) is 0. The number of aliphatic hydroxyl groups excluding tert-OH is 2. The van der Waals surface area contributed by atoms with Crippen molar-refractivity contribution in [3.63, 3.8) is 0 Å². The highest BCUT2D eigenvalue weighted by Gasteiger charge is 2.29. The number of allylic oxidation sites excluding steroid dienone is 1. The molecule has 0 aliphatic carbocycles. The van der Waals surface area contributed by atoms with E-state index in [-0.39, 0.29) is 5.92 Å². The van der Waals surface area contributed by atoms with E-state index in [1.165, 1.54) is 70.6 Å². The Morgan fingerprint density at radius 2 is 1.48 bits per heavy atom. The van der Waals surface area contributed by atoms with Gasteiger partial charge in [-0.3, -0.25) is 0 Å². The second kappa shape index (κ2) is 14.0. The summed E-state index contributed by atoms with van der Waals surface area (Å²) >= 11 is 0. The molecule has 3 N–H and O–H groups in total. The molecule has 3 unspecified atom stereocenters. The summed E-state index contributed by atoms with van der Waals surface area (Å²) in [6.07, 6.45) is 19.1. The SMILES string of the molecule is CCCCCCCCCCCCC/C=C/C(O)C1CNCC1O. The summed E-state index contributed by atoms with van der Waals surface area (Å²) < 4.78 is 0. The minimum Gasteiger partial charge on any atom is -0.391 e. The summed E-state index contributed by atoms with van der Waals surface area (Å²) in [6.45, 7) is 3.59. The maximum atomic E-state index is 10.0. The number of hydrogen-bond acceptors (Lipinski definition) is 3. The van der Waals surface area contributed by atoms with E-state index in [2.05, 4.69) is 18.3 Å². The predicted octanol–water partition coefficient (Wildman–Crippen LogP) is 4.18. The number of hydrogen-bond donors (Lipinski definition) is 3. The van der Waals surface area contributed by atoms with Crippen LogP contribution in [-0.4, -0.2) is 35.5 Å². The maximum absolute atomic E-state index is 10.0. The monoisotopic (exact) mass is 325 g/mol. The summed E-state index contributed by atoms with van der Waals surface area (Å²) in [4.78, 5) is 0. The van der Waals surface area contributed by atoms with Gasteiger partial charge in [-0.15, -0.1) is 0 Å². The van der Waals surface area contributed by atoms with Crippen LogP contribution in [0.5, 0.6) is 0 Å². The van der Waals surface area contributed by atoms with Crippen LogP contribution >= 0.6 is 0 Å². The molecule has 0 radical (unpaired) electrons. The molecule has 1 saturated heterocycles. The van der Waals surface area contributed by atoms with Crippen LogP contribution in [-0.2, 0) is 0 Å². The molecule has 3 heteroatoms. The fourth-order valence-corrected chi connectivity index (χ4v) is 3.34. The van der Waals surface area contributed by atoms with Gasteiger partial charge in [0.2, 0.25) is 0 Å². The molecule has 0 saturated carbocycles. The largest absolute Gasteiger partial charge is 0.391 e. The molecule has 0 amide bonds. The molecule has 1 heterocycles. The molecule has 0 spiro atoms. The third-order valence-corrected chi connectivity index (χ3v) is 4.97. The second-order valence-electron chi connectivity index (χ2n) is 7.13. The quantitative estimate of drug-likeness (QED) is 0.332. The van der Waals surface area contributed by atoms with Crippen LogP contribution in [0, 0.1) is 5.92 Å². The first-order chi connectivity index (χ1) is 11.3. The molecule has 0 aromatic carbocycles. The van der Waals surface area contributed by atoms with E-state index < -0.39 is 12.2 Å². The van der Waals surface area contributed by atoms with E-state index in [9.17, 15) is 10.2 Å². The lowest BCUT2D eigenvalue weighted by atomic mass is 9.98. The van der Waals surface area contributed by atoms with Crippen molar-refractivity contribution in [2.75, 3.05) is 13.1 Å². The van der Waals surface area contributed by atoms with Gasteiger partial charge >= 0.3 is 0 Å². The van der Waals surface area contributed by atoms with Gasteiger partial charge in [0.25, 0.3) is 0 Å². The van der Waals surface area contributed by atoms with E-state index in [0.29, 0.717) is 13.1 Å². The van der Waals surface area contributed by atoms with Crippen LogP contribution in [0.15, 0.2) is 12.2 Å². The van der Waals surface area contributed by atoms with Gasteiger partial charge in [-0.05, 0) is 12.8 Å². The van der Waals surface area contributed by atoms with E-state index >= 15 is 0 Å². The Balaban J connectivity index is 1.85. The van der Waals surface area contributed by atoms with Crippen molar-refractivity contribution in [3.8, 4) is 0 Å². The minimum atomic E-state index is -0.507. The summed E-state index contributed by atoms with van der Waals surface area (Å²) in [7, 11) is 0. The lowest BCUT2D eigenvalue weighted by Crippen LogP contribution is -2.28. The Kier molecular flexibility index (Phi) is 12.6. The topological polar surface area (TPSA) is 52.5 Å². The predicted molar refractivity (Wildman–Crippen MR) is 98.6 cm³/mol. The zero-order valence-corrected chi connectivity index (χ0v) is 15.2. The average molecular weight is 326 g/mol. The molecule has 0 aromatic heterocycles. The van der Waals surface area contributed by atoms with Crippen LogP contribution in [0.3, 0.4) is 0 Å². The van der Waals surface area contributed by atoms with Crippen molar-refractivity contribution >= 4 is 0 Å². The first-order valence-electron chi connectivity index (χ1n) is 9.99. The Labute approximate surface area is 143 Å². The van der Waals surface area contributed by atoms with Crippen LogP contribution in [0.2, 0.25) is 0 Å². The fourth-order valence-electron chi connectivity index (χ4n) is 3.34. The molecule has 3 atom stereocenters. The van der Waals surface area contributed by atoms with Crippen LogP contribution < -0.4 is 5.32 Å².